The van der Waals surface area contributed by atoms with Crippen LogP contribution in [0.25, 0.3) is 0 Å². The zero-order chi connectivity index (χ0) is 4.99. The second kappa shape index (κ2) is 6.01. The zero-order valence-corrected chi connectivity index (χ0v) is 2.96. The molecule has 0 fully saturated rings. The molecule has 0 bridgehead atoms. The van der Waals surface area contributed by atoms with Crippen LogP contribution in [-0.4, -0.2) is 45.7 Å². The molecule has 2 N–H and O–H groups in total. The van der Waals surface area contributed by atoms with Gasteiger partial charge in [0.25, 0.3) is 0 Å². The first-order valence-corrected chi connectivity index (χ1v) is 1.31. The molecule has 0 saturated carbocycles. The van der Waals surface area contributed by atoms with Gasteiger partial charge in [0.1, 0.15) is 0 Å². The molecule has 0 saturated heterocycles. The van der Waals surface area contributed by atoms with Crippen LogP contribution in [0.1, 0.15) is 0 Å². The Morgan fingerprint density at radius 1 is 1.57 bits per heavy atom. The van der Waals surface area contributed by atoms with Gasteiger partial charge in [0.2, 0.25) is 0 Å². The molecule has 0 spiro atoms. The van der Waals surface area contributed by atoms with Crippen LogP contribution in [0.2, 0.25) is 0 Å². The molecule has 36 valence electrons. The molecule has 0 aliphatic heterocycles. The van der Waals surface area contributed by atoms with Gasteiger partial charge in [-0.05, 0) is 0 Å². The molecule has 0 unspecified atom stereocenters. The Bertz CT molecular complexity index is 78.2. The van der Waals surface area contributed by atoms with Gasteiger partial charge in [0.05, 0.1) is 12.3 Å². The van der Waals surface area contributed by atoms with E-state index in [0.29, 0.717) is 12.3 Å². The van der Waals surface area contributed by atoms with Crippen LogP contribution in [0.15, 0.2) is 12.3 Å². The number of hydrogen-bond acceptors (Lipinski definition) is 2. The fourth-order valence-electron chi connectivity index (χ4n) is 0.0638. The molecule has 3 nitrogen and oxygen atoms in total. The molecule has 0 rings (SSSR count). The SMILES string of the molecule is O=C(O)C=CO.[NaH]. The van der Waals surface area contributed by atoms with E-state index in [9.17, 15) is 4.79 Å². The van der Waals surface area contributed by atoms with Crippen molar-refractivity contribution in [2.24, 2.45) is 0 Å². The summed E-state index contributed by atoms with van der Waals surface area (Å²) in [6.45, 7) is 0. The minimum absolute atomic E-state index is 0. The van der Waals surface area contributed by atoms with E-state index in [1.54, 1.807) is 0 Å². The topological polar surface area (TPSA) is 57.5 Å². The van der Waals surface area contributed by atoms with Crippen molar-refractivity contribution in [1.82, 2.24) is 0 Å². The fourth-order valence-corrected chi connectivity index (χ4v) is 0.0638. The molecule has 0 aromatic heterocycles. The van der Waals surface area contributed by atoms with Gasteiger partial charge >= 0.3 is 35.5 Å². The normalized spacial score (nSPS) is 8.00. The van der Waals surface area contributed by atoms with Gasteiger partial charge in [0.15, 0.2) is 0 Å². The Hall–Kier alpha value is 0.0100. The van der Waals surface area contributed by atoms with Crippen LogP contribution in [0.3, 0.4) is 0 Å². The summed E-state index contributed by atoms with van der Waals surface area (Å²) in [7, 11) is 0. The Morgan fingerprint density at radius 3 is 2.00 bits per heavy atom. The Kier molecular flexibility index (Phi) is 8.66. The molecule has 0 aromatic rings. The molecule has 0 atom stereocenters. The molecular formula is C3H5NaO3. The van der Waals surface area contributed by atoms with Gasteiger partial charge in [-0.15, -0.1) is 0 Å². The molecular weight excluding hydrogens is 107 g/mol. The quantitative estimate of drug-likeness (QED) is 0.273. The summed E-state index contributed by atoms with van der Waals surface area (Å²) in [5.41, 5.74) is 0. The van der Waals surface area contributed by atoms with Gasteiger partial charge < -0.3 is 10.2 Å². The van der Waals surface area contributed by atoms with E-state index in [1.807, 2.05) is 0 Å². The number of carboxylic acids is 1. The fraction of sp³-hybridized carbons (Fsp3) is 0. The molecule has 0 heterocycles. The van der Waals surface area contributed by atoms with Crippen LogP contribution in [0, 0.1) is 0 Å². The number of carboxylic acid groups (broad SMARTS) is 1. The molecule has 0 aliphatic rings. The molecule has 0 aromatic carbocycles. The van der Waals surface area contributed by atoms with Gasteiger partial charge in [-0.25, -0.2) is 4.79 Å². The number of carbonyl (C=O) groups is 1. The average molecular weight is 112 g/mol. The molecule has 4 heteroatoms. The van der Waals surface area contributed by atoms with Crippen LogP contribution >= 0.6 is 0 Å². The average Bonchev–Trinajstić information content (AvgIpc) is 1.35. The third-order valence-electron chi connectivity index (χ3n) is 0.217. The van der Waals surface area contributed by atoms with E-state index < -0.39 is 5.97 Å². The number of aliphatic hydroxyl groups excluding tert-OH is 1. The summed E-state index contributed by atoms with van der Waals surface area (Å²) in [4.78, 5) is 9.35. The first-order valence-electron chi connectivity index (χ1n) is 1.31. The molecule has 0 aliphatic carbocycles. The predicted molar refractivity (Wildman–Crippen MR) is 26.6 cm³/mol. The Morgan fingerprint density at radius 2 is 2.00 bits per heavy atom. The maximum absolute atomic E-state index is 9.35. The van der Waals surface area contributed by atoms with Crippen LogP contribution in [0.4, 0.5) is 0 Å². The summed E-state index contributed by atoms with van der Waals surface area (Å²) in [6, 6.07) is 0. The summed E-state index contributed by atoms with van der Waals surface area (Å²) < 4.78 is 0. The van der Waals surface area contributed by atoms with Crippen LogP contribution in [-0.2, 0) is 4.79 Å². The van der Waals surface area contributed by atoms with Crippen molar-refractivity contribution in [1.29, 1.82) is 0 Å². The van der Waals surface area contributed by atoms with Crippen molar-refractivity contribution in [3.05, 3.63) is 12.3 Å². The number of aliphatic carboxylic acids is 1. The summed E-state index contributed by atoms with van der Waals surface area (Å²) >= 11 is 0. The molecule has 0 radical (unpaired) electrons. The van der Waals surface area contributed by atoms with Crippen molar-refractivity contribution in [2.75, 3.05) is 0 Å². The third-order valence-corrected chi connectivity index (χ3v) is 0.217. The Labute approximate surface area is 62.9 Å². The van der Waals surface area contributed by atoms with Gasteiger partial charge in [-0.2, -0.15) is 0 Å². The van der Waals surface area contributed by atoms with Crippen molar-refractivity contribution >= 4 is 35.5 Å². The van der Waals surface area contributed by atoms with Crippen molar-refractivity contribution in [3.63, 3.8) is 0 Å². The minimum atomic E-state index is -1.14. The van der Waals surface area contributed by atoms with E-state index >= 15 is 0 Å². The van der Waals surface area contributed by atoms with E-state index in [4.69, 9.17) is 10.2 Å². The summed E-state index contributed by atoms with van der Waals surface area (Å²) in [5, 5.41) is 15.3. The first kappa shape index (κ1) is 10.1. The molecule has 7 heavy (non-hydrogen) atoms. The number of rotatable bonds is 1. The third kappa shape index (κ3) is 10.7. The van der Waals surface area contributed by atoms with E-state index in [2.05, 4.69) is 0 Å². The molecule has 0 amide bonds. The second-order valence-electron chi connectivity index (χ2n) is 0.654. The standard InChI is InChI=1S/C3H4O3.Na.H/c4-2-1-3(5)6;;/h1-2,4H,(H,5,6);;. The number of hydrogen-bond donors (Lipinski definition) is 2. The van der Waals surface area contributed by atoms with Gasteiger partial charge in [0, 0.05) is 0 Å². The number of aliphatic hydroxyl groups is 1. The van der Waals surface area contributed by atoms with Crippen LogP contribution in [0.5, 0.6) is 0 Å². The summed E-state index contributed by atoms with van der Waals surface area (Å²) in [6.07, 6.45) is 1.11. The van der Waals surface area contributed by atoms with Gasteiger partial charge in [-0.3, -0.25) is 0 Å². The Balaban J connectivity index is 0. The second-order valence-corrected chi connectivity index (χ2v) is 0.654. The van der Waals surface area contributed by atoms with Gasteiger partial charge in [-0.1, -0.05) is 0 Å². The summed E-state index contributed by atoms with van der Waals surface area (Å²) in [5.74, 6) is -1.14. The predicted octanol–water partition coefficient (Wildman–Crippen LogP) is -0.506. The van der Waals surface area contributed by atoms with E-state index in [1.165, 1.54) is 0 Å². The maximum atomic E-state index is 9.35. The monoisotopic (exact) mass is 112 g/mol. The van der Waals surface area contributed by atoms with Crippen LogP contribution < -0.4 is 0 Å². The van der Waals surface area contributed by atoms with E-state index in [-0.39, 0.29) is 29.6 Å². The van der Waals surface area contributed by atoms with Crippen molar-refractivity contribution in [2.45, 2.75) is 0 Å². The first-order chi connectivity index (χ1) is 2.77. The van der Waals surface area contributed by atoms with E-state index in [0.717, 1.165) is 0 Å². The van der Waals surface area contributed by atoms with Crippen molar-refractivity contribution in [3.8, 4) is 0 Å². The van der Waals surface area contributed by atoms with Crippen molar-refractivity contribution < 1.29 is 15.0 Å². The zero-order valence-electron chi connectivity index (χ0n) is 2.96.